The van der Waals surface area contributed by atoms with Crippen molar-refractivity contribution in [2.24, 2.45) is 11.3 Å². The van der Waals surface area contributed by atoms with Gasteiger partial charge in [0.25, 0.3) is 0 Å². The first-order chi connectivity index (χ1) is 16.1. The van der Waals surface area contributed by atoms with E-state index in [0.29, 0.717) is 19.3 Å². The molecule has 1 saturated heterocycles. The number of ether oxygens (including phenoxy) is 1. The Morgan fingerprint density at radius 2 is 1.71 bits per heavy atom. The van der Waals surface area contributed by atoms with Gasteiger partial charge in [-0.25, -0.2) is 4.79 Å². The molecule has 0 unspecified atom stereocenters. The molecular weight excluding hydrogens is 461 g/mol. The first-order valence-electron chi connectivity index (χ1n) is 12.3. The van der Waals surface area contributed by atoms with E-state index >= 15 is 0 Å². The van der Waals surface area contributed by atoms with Crippen LogP contribution in [-0.4, -0.2) is 46.7 Å². The third-order valence-corrected chi connectivity index (χ3v) is 7.41. The molecule has 2 aliphatic rings. The van der Waals surface area contributed by atoms with Gasteiger partial charge in [-0.2, -0.15) is 13.2 Å². The number of aliphatic hydroxyl groups is 1. The minimum absolute atomic E-state index is 0.00667. The second-order valence-corrected chi connectivity index (χ2v) is 11.3. The van der Waals surface area contributed by atoms with Crippen LogP contribution >= 0.6 is 0 Å². The Bertz CT molecular complexity index is 933. The highest BCUT2D eigenvalue weighted by Crippen LogP contribution is 2.47. The summed E-state index contributed by atoms with van der Waals surface area (Å²) in [6.45, 7) is 9.65. The summed E-state index contributed by atoms with van der Waals surface area (Å²) in [5.74, 6) is -0.0562. The van der Waals surface area contributed by atoms with Crippen LogP contribution in [0, 0.1) is 11.3 Å². The van der Waals surface area contributed by atoms with Gasteiger partial charge in [-0.1, -0.05) is 32.0 Å². The second kappa shape index (κ2) is 9.64. The molecule has 1 aromatic carbocycles. The fraction of sp³-hybridized carbons (Fsp3) is 0.692. The van der Waals surface area contributed by atoms with Crippen molar-refractivity contribution in [3.05, 3.63) is 35.4 Å². The van der Waals surface area contributed by atoms with Crippen molar-refractivity contribution in [2.75, 3.05) is 13.1 Å². The summed E-state index contributed by atoms with van der Waals surface area (Å²) in [5, 5.41) is 14.0. The number of alkyl carbamates (subject to hydrolysis) is 1. The quantitative estimate of drug-likeness (QED) is 0.596. The second-order valence-electron chi connectivity index (χ2n) is 11.3. The first kappa shape index (κ1) is 27.3. The highest BCUT2D eigenvalue weighted by Gasteiger charge is 2.51. The minimum Gasteiger partial charge on any atom is -0.444 e. The zero-order valence-electron chi connectivity index (χ0n) is 21.2. The maximum atomic E-state index is 13.7. The van der Waals surface area contributed by atoms with Crippen LogP contribution in [0.3, 0.4) is 0 Å². The molecule has 35 heavy (non-hydrogen) atoms. The topological polar surface area (TPSA) is 78.9 Å². The van der Waals surface area contributed by atoms with Crippen LogP contribution in [0.1, 0.15) is 77.8 Å². The molecule has 2 N–H and O–H groups in total. The normalized spacial score (nSPS) is 25.0. The number of benzene rings is 1. The number of nitrogens with zero attached hydrogens (tertiary/aromatic N) is 1. The lowest BCUT2D eigenvalue weighted by Crippen LogP contribution is -2.52. The summed E-state index contributed by atoms with van der Waals surface area (Å²) >= 11 is 0. The van der Waals surface area contributed by atoms with Crippen LogP contribution in [0.15, 0.2) is 24.3 Å². The monoisotopic (exact) mass is 498 g/mol. The lowest BCUT2D eigenvalue weighted by molar-refractivity contribution is -0.151. The molecule has 1 heterocycles. The summed E-state index contributed by atoms with van der Waals surface area (Å²) < 4.78 is 45.9. The number of nitrogens with one attached hydrogen (secondary N) is 1. The Balaban J connectivity index is 1.71. The van der Waals surface area contributed by atoms with E-state index in [0.717, 1.165) is 6.07 Å². The fourth-order valence-electron chi connectivity index (χ4n) is 5.44. The zero-order valence-corrected chi connectivity index (χ0v) is 21.2. The van der Waals surface area contributed by atoms with Crippen LogP contribution in [0.2, 0.25) is 0 Å². The number of halogens is 3. The van der Waals surface area contributed by atoms with Crippen LogP contribution in [0.25, 0.3) is 0 Å². The third-order valence-electron chi connectivity index (χ3n) is 7.41. The molecule has 1 aliphatic heterocycles. The summed E-state index contributed by atoms with van der Waals surface area (Å²) in [6, 6.07) is 4.90. The maximum Gasteiger partial charge on any atom is 0.416 e. The summed E-state index contributed by atoms with van der Waals surface area (Å²) in [6.07, 6.45) is -3.32. The van der Waals surface area contributed by atoms with E-state index in [9.17, 15) is 27.9 Å². The Hall–Kier alpha value is -2.29. The van der Waals surface area contributed by atoms with E-state index < -0.39 is 34.5 Å². The minimum atomic E-state index is -4.57. The van der Waals surface area contributed by atoms with Gasteiger partial charge in [-0.3, -0.25) is 4.79 Å². The Morgan fingerprint density at radius 1 is 1.11 bits per heavy atom. The van der Waals surface area contributed by atoms with Gasteiger partial charge in [0, 0.05) is 19.1 Å². The SMILES string of the molecule is CC(C)[C@]1(C(=O)N2CCC(O)(c3ccccc3C(F)(F)F)CC2)CC[C@@H](NC(=O)OC(C)(C)C)C1. The van der Waals surface area contributed by atoms with Crippen molar-refractivity contribution >= 4 is 12.0 Å². The fourth-order valence-corrected chi connectivity index (χ4v) is 5.44. The molecule has 1 saturated carbocycles. The van der Waals surface area contributed by atoms with E-state index in [1.54, 1.807) is 25.7 Å². The van der Waals surface area contributed by atoms with Gasteiger partial charge in [0.15, 0.2) is 0 Å². The molecule has 2 atom stereocenters. The number of hydrogen-bond donors (Lipinski definition) is 2. The van der Waals surface area contributed by atoms with Crippen molar-refractivity contribution in [2.45, 2.75) is 90.1 Å². The molecule has 0 aromatic heterocycles. The molecular formula is C26H37F3N2O4. The lowest BCUT2D eigenvalue weighted by Gasteiger charge is -2.44. The molecule has 1 aliphatic carbocycles. The predicted octanol–water partition coefficient (Wildman–Crippen LogP) is 5.24. The number of amides is 2. The average Bonchev–Trinajstić information content (AvgIpc) is 3.17. The van der Waals surface area contributed by atoms with E-state index in [2.05, 4.69) is 5.32 Å². The molecule has 0 spiro atoms. The number of piperidine rings is 1. The number of alkyl halides is 3. The molecule has 9 heteroatoms. The molecule has 3 rings (SSSR count). The molecule has 2 fully saturated rings. The van der Waals surface area contributed by atoms with Gasteiger partial charge in [0.1, 0.15) is 5.60 Å². The van der Waals surface area contributed by atoms with Crippen molar-refractivity contribution in [3.8, 4) is 0 Å². The third kappa shape index (κ3) is 5.93. The highest BCUT2D eigenvalue weighted by atomic mass is 19.4. The van der Waals surface area contributed by atoms with Gasteiger partial charge >= 0.3 is 12.3 Å². The van der Waals surface area contributed by atoms with Crippen molar-refractivity contribution in [1.82, 2.24) is 10.2 Å². The van der Waals surface area contributed by atoms with E-state index in [4.69, 9.17) is 4.74 Å². The average molecular weight is 499 g/mol. The predicted molar refractivity (Wildman–Crippen MR) is 125 cm³/mol. The lowest BCUT2D eigenvalue weighted by atomic mass is 9.73. The number of carbonyl (C=O) groups excluding carboxylic acids is 2. The molecule has 0 radical (unpaired) electrons. The zero-order chi connectivity index (χ0) is 26.2. The van der Waals surface area contributed by atoms with Crippen molar-refractivity contribution in [1.29, 1.82) is 0 Å². The van der Waals surface area contributed by atoms with Crippen LogP contribution < -0.4 is 5.32 Å². The van der Waals surface area contributed by atoms with E-state index in [1.807, 2.05) is 13.8 Å². The van der Waals surface area contributed by atoms with Gasteiger partial charge in [0.05, 0.1) is 16.6 Å². The summed E-state index contributed by atoms with van der Waals surface area (Å²) in [5.41, 5.74) is -3.93. The first-order valence-corrected chi connectivity index (χ1v) is 12.3. The molecule has 2 amide bonds. The van der Waals surface area contributed by atoms with E-state index in [1.165, 1.54) is 18.2 Å². The number of carbonyl (C=O) groups is 2. The van der Waals surface area contributed by atoms with Gasteiger partial charge in [-0.15, -0.1) is 0 Å². The number of likely N-dealkylation sites (tertiary alicyclic amines) is 1. The molecule has 0 bridgehead atoms. The van der Waals surface area contributed by atoms with Crippen LogP contribution in [0.4, 0.5) is 18.0 Å². The Labute approximate surface area is 205 Å². The Kier molecular flexibility index (Phi) is 7.52. The Morgan fingerprint density at radius 3 is 2.26 bits per heavy atom. The maximum absolute atomic E-state index is 13.7. The highest BCUT2D eigenvalue weighted by molar-refractivity contribution is 5.84. The van der Waals surface area contributed by atoms with Gasteiger partial charge < -0.3 is 20.1 Å². The summed E-state index contributed by atoms with van der Waals surface area (Å²) in [7, 11) is 0. The van der Waals surface area contributed by atoms with Crippen molar-refractivity contribution < 1.29 is 32.6 Å². The van der Waals surface area contributed by atoms with Gasteiger partial charge in [-0.05, 0) is 70.4 Å². The van der Waals surface area contributed by atoms with Crippen LogP contribution in [-0.2, 0) is 21.3 Å². The molecule has 196 valence electrons. The number of hydrogen-bond acceptors (Lipinski definition) is 4. The van der Waals surface area contributed by atoms with Crippen molar-refractivity contribution in [3.63, 3.8) is 0 Å². The van der Waals surface area contributed by atoms with E-state index in [-0.39, 0.29) is 49.4 Å². The smallest absolute Gasteiger partial charge is 0.416 e. The molecule has 6 nitrogen and oxygen atoms in total. The molecule has 1 aromatic rings. The standard InChI is InChI=1S/C26H37F3N2O4/c1-17(2)24(11-10-18(16-24)30-22(33)35-23(3,4)5)21(32)31-14-12-25(34,13-15-31)19-8-6-7-9-20(19)26(27,28)29/h6-9,17-18,34H,10-16H2,1-5H3,(H,30,33)/t18-,24+/m1/s1. The largest absolute Gasteiger partial charge is 0.444 e. The number of rotatable bonds is 4. The van der Waals surface area contributed by atoms with Gasteiger partial charge in [0.2, 0.25) is 5.91 Å². The summed E-state index contributed by atoms with van der Waals surface area (Å²) in [4.78, 5) is 27.6. The van der Waals surface area contributed by atoms with Crippen LogP contribution in [0.5, 0.6) is 0 Å².